The SMILES string of the molecule is Cc1ccc(-c2cc(=O)n(CC(=O)Nc3nc4ccccc4s3)cn2)cc1. The fourth-order valence-corrected chi connectivity index (χ4v) is 3.55. The summed E-state index contributed by atoms with van der Waals surface area (Å²) in [6.07, 6.45) is 1.40. The molecular weight excluding hydrogens is 360 g/mol. The van der Waals surface area contributed by atoms with Crippen molar-refractivity contribution in [2.75, 3.05) is 5.32 Å². The van der Waals surface area contributed by atoms with E-state index in [4.69, 9.17) is 0 Å². The molecule has 2 heterocycles. The van der Waals surface area contributed by atoms with Crippen LogP contribution in [0.4, 0.5) is 5.13 Å². The van der Waals surface area contributed by atoms with E-state index >= 15 is 0 Å². The predicted octanol–water partition coefficient (Wildman–Crippen LogP) is 3.47. The van der Waals surface area contributed by atoms with Gasteiger partial charge in [0.1, 0.15) is 6.54 Å². The van der Waals surface area contributed by atoms with Gasteiger partial charge >= 0.3 is 0 Å². The molecule has 4 rings (SSSR count). The van der Waals surface area contributed by atoms with E-state index in [1.807, 2.05) is 55.5 Å². The largest absolute Gasteiger partial charge is 0.300 e. The lowest BCUT2D eigenvalue weighted by atomic mass is 10.1. The molecule has 0 aliphatic heterocycles. The maximum Gasteiger partial charge on any atom is 0.254 e. The Morgan fingerprint density at radius 3 is 2.67 bits per heavy atom. The van der Waals surface area contributed by atoms with Crippen LogP contribution in [0.25, 0.3) is 21.5 Å². The number of rotatable bonds is 4. The van der Waals surface area contributed by atoms with Crippen LogP contribution in [0.15, 0.2) is 65.7 Å². The van der Waals surface area contributed by atoms with E-state index < -0.39 is 0 Å². The first-order valence-electron chi connectivity index (χ1n) is 8.37. The summed E-state index contributed by atoms with van der Waals surface area (Å²) in [5.41, 5.74) is 3.14. The zero-order valence-electron chi connectivity index (χ0n) is 14.5. The highest BCUT2D eigenvalue weighted by molar-refractivity contribution is 7.22. The Labute approximate surface area is 159 Å². The molecule has 1 amide bonds. The Hall–Kier alpha value is -3.32. The van der Waals surface area contributed by atoms with Crippen LogP contribution in [0.2, 0.25) is 0 Å². The smallest absolute Gasteiger partial charge is 0.254 e. The second-order valence-corrected chi connectivity index (χ2v) is 7.17. The Balaban J connectivity index is 1.49. The maximum absolute atomic E-state index is 12.3. The van der Waals surface area contributed by atoms with Gasteiger partial charge in [-0.15, -0.1) is 0 Å². The fourth-order valence-electron chi connectivity index (χ4n) is 2.67. The second kappa shape index (κ2) is 7.13. The number of nitrogens with zero attached hydrogens (tertiary/aromatic N) is 3. The molecule has 0 spiro atoms. The highest BCUT2D eigenvalue weighted by Gasteiger charge is 2.10. The number of thiazole rings is 1. The molecule has 2 aromatic heterocycles. The molecule has 2 aromatic carbocycles. The molecule has 0 saturated carbocycles. The van der Waals surface area contributed by atoms with E-state index in [2.05, 4.69) is 15.3 Å². The molecule has 1 N–H and O–H groups in total. The van der Waals surface area contributed by atoms with Gasteiger partial charge in [-0.3, -0.25) is 14.2 Å². The number of fused-ring (bicyclic) bond motifs is 1. The molecule has 27 heavy (non-hydrogen) atoms. The molecule has 0 radical (unpaired) electrons. The summed E-state index contributed by atoms with van der Waals surface area (Å²) in [4.78, 5) is 33.3. The van der Waals surface area contributed by atoms with Crippen LogP contribution in [0.3, 0.4) is 0 Å². The minimum atomic E-state index is -0.318. The number of hydrogen-bond donors (Lipinski definition) is 1. The maximum atomic E-state index is 12.3. The number of benzene rings is 2. The molecule has 0 saturated heterocycles. The number of aromatic nitrogens is 3. The van der Waals surface area contributed by atoms with Crippen LogP contribution in [0.1, 0.15) is 5.56 Å². The fraction of sp³-hybridized carbons (Fsp3) is 0.100. The minimum absolute atomic E-state index is 0.115. The standard InChI is InChI=1S/C20H16N4O2S/c1-13-6-8-14(9-7-13)16-10-19(26)24(12-21-16)11-18(25)23-20-22-15-4-2-3-5-17(15)27-20/h2-10,12H,11H2,1H3,(H,22,23,25). The Kier molecular flexibility index (Phi) is 4.52. The first kappa shape index (κ1) is 17.1. The summed E-state index contributed by atoms with van der Waals surface area (Å²) in [6, 6.07) is 16.9. The van der Waals surface area contributed by atoms with Crippen LogP contribution in [0.5, 0.6) is 0 Å². The molecule has 6 nitrogen and oxygen atoms in total. The molecule has 4 aromatic rings. The number of carbonyl (C=O) groups excluding carboxylic acids is 1. The molecule has 0 aliphatic carbocycles. The van der Waals surface area contributed by atoms with Crippen molar-refractivity contribution >= 4 is 32.6 Å². The van der Waals surface area contributed by atoms with Crippen molar-refractivity contribution in [3.63, 3.8) is 0 Å². The van der Waals surface area contributed by atoms with Gasteiger partial charge in [0.15, 0.2) is 5.13 Å². The molecule has 7 heteroatoms. The van der Waals surface area contributed by atoms with Crippen LogP contribution in [-0.2, 0) is 11.3 Å². The van der Waals surface area contributed by atoms with Crippen molar-refractivity contribution in [3.05, 3.63) is 76.8 Å². The summed E-state index contributed by atoms with van der Waals surface area (Å²) in [7, 11) is 0. The third kappa shape index (κ3) is 3.78. The average Bonchev–Trinajstić information content (AvgIpc) is 3.06. The Morgan fingerprint density at radius 1 is 1.15 bits per heavy atom. The molecular formula is C20H16N4O2S. The zero-order valence-corrected chi connectivity index (χ0v) is 15.4. The Bertz CT molecular complexity index is 1150. The summed E-state index contributed by atoms with van der Waals surface area (Å²) in [5, 5.41) is 3.25. The average molecular weight is 376 g/mol. The van der Waals surface area contributed by atoms with Gasteiger partial charge < -0.3 is 5.32 Å². The number of aryl methyl sites for hydroxylation is 1. The van der Waals surface area contributed by atoms with Crippen molar-refractivity contribution in [1.29, 1.82) is 0 Å². The van der Waals surface area contributed by atoms with Gasteiger partial charge in [-0.2, -0.15) is 0 Å². The summed E-state index contributed by atoms with van der Waals surface area (Å²) >= 11 is 1.40. The Morgan fingerprint density at radius 2 is 1.93 bits per heavy atom. The topological polar surface area (TPSA) is 76.9 Å². The third-order valence-electron chi connectivity index (χ3n) is 4.08. The zero-order chi connectivity index (χ0) is 18.8. The summed E-state index contributed by atoms with van der Waals surface area (Å²) in [6.45, 7) is 1.88. The van der Waals surface area contributed by atoms with Crippen molar-refractivity contribution in [2.24, 2.45) is 0 Å². The van der Waals surface area contributed by atoms with Gasteiger partial charge in [-0.25, -0.2) is 9.97 Å². The first-order chi connectivity index (χ1) is 13.1. The normalized spacial score (nSPS) is 10.9. The third-order valence-corrected chi connectivity index (χ3v) is 5.03. The first-order valence-corrected chi connectivity index (χ1v) is 9.19. The van der Waals surface area contributed by atoms with Crippen molar-refractivity contribution in [1.82, 2.24) is 14.5 Å². The number of amides is 1. The van der Waals surface area contributed by atoms with Crippen LogP contribution in [-0.4, -0.2) is 20.4 Å². The van der Waals surface area contributed by atoms with Gasteiger partial charge in [0.25, 0.3) is 5.56 Å². The highest BCUT2D eigenvalue weighted by atomic mass is 32.1. The highest BCUT2D eigenvalue weighted by Crippen LogP contribution is 2.25. The van der Waals surface area contributed by atoms with Crippen LogP contribution < -0.4 is 10.9 Å². The molecule has 0 atom stereocenters. The number of anilines is 1. The van der Waals surface area contributed by atoms with Crippen molar-refractivity contribution in [3.8, 4) is 11.3 Å². The lowest BCUT2D eigenvalue weighted by Crippen LogP contribution is -2.27. The monoisotopic (exact) mass is 376 g/mol. The quantitative estimate of drug-likeness (QED) is 0.592. The predicted molar refractivity (Wildman–Crippen MR) is 107 cm³/mol. The second-order valence-electron chi connectivity index (χ2n) is 6.14. The van der Waals surface area contributed by atoms with E-state index in [9.17, 15) is 9.59 Å². The molecule has 0 unspecified atom stereocenters. The number of hydrogen-bond acceptors (Lipinski definition) is 5. The van der Waals surface area contributed by atoms with Gasteiger partial charge in [-0.05, 0) is 19.1 Å². The van der Waals surface area contributed by atoms with Crippen LogP contribution >= 0.6 is 11.3 Å². The van der Waals surface area contributed by atoms with E-state index in [0.29, 0.717) is 10.8 Å². The molecule has 0 fully saturated rings. The molecule has 134 valence electrons. The van der Waals surface area contributed by atoms with Gasteiger partial charge in [-0.1, -0.05) is 53.3 Å². The van der Waals surface area contributed by atoms with E-state index in [1.165, 1.54) is 28.3 Å². The van der Waals surface area contributed by atoms with Crippen molar-refractivity contribution < 1.29 is 4.79 Å². The van der Waals surface area contributed by atoms with Gasteiger partial charge in [0, 0.05) is 11.6 Å². The molecule has 0 bridgehead atoms. The number of nitrogens with one attached hydrogen (secondary N) is 1. The van der Waals surface area contributed by atoms with Gasteiger partial charge in [0.2, 0.25) is 5.91 Å². The molecule has 0 aliphatic rings. The minimum Gasteiger partial charge on any atom is -0.300 e. The van der Waals surface area contributed by atoms with Crippen LogP contribution in [0, 0.1) is 6.92 Å². The van der Waals surface area contributed by atoms with Crippen molar-refractivity contribution in [2.45, 2.75) is 13.5 Å². The summed E-state index contributed by atoms with van der Waals surface area (Å²) in [5.74, 6) is -0.318. The number of para-hydroxylation sites is 1. The van der Waals surface area contributed by atoms with E-state index in [-0.39, 0.29) is 18.0 Å². The van der Waals surface area contributed by atoms with E-state index in [1.54, 1.807) is 0 Å². The lowest BCUT2D eigenvalue weighted by Gasteiger charge is -2.06. The number of carbonyl (C=O) groups is 1. The lowest BCUT2D eigenvalue weighted by molar-refractivity contribution is -0.116. The van der Waals surface area contributed by atoms with E-state index in [0.717, 1.165) is 21.3 Å². The summed E-state index contributed by atoms with van der Waals surface area (Å²) < 4.78 is 2.27. The van der Waals surface area contributed by atoms with Gasteiger partial charge in [0.05, 0.1) is 22.2 Å².